The first-order valence-electron chi connectivity index (χ1n) is 6.92. The molecule has 2 heterocycles. The molecule has 0 aromatic carbocycles. The minimum absolute atomic E-state index is 0.391. The van der Waals surface area contributed by atoms with Crippen LogP contribution in [0.3, 0.4) is 0 Å². The maximum absolute atomic E-state index is 10.8. The molecule has 0 aliphatic carbocycles. The van der Waals surface area contributed by atoms with Gasteiger partial charge in [-0.05, 0) is 0 Å². The highest BCUT2D eigenvalue weighted by Crippen LogP contribution is 1.93. The average Bonchev–Trinajstić information content (AvgIpc) is 2.56. The first kappa shape index (κ1) is 16.2. The average molecular weight is 316 g/mol. The van der Waals surface area contributed by atoms with Crippen LogP contribution in [-0.2, 0) is 9.68 Å². The summed E-state index contributed by atoms with van der Waals surface area (Å²) in [5.41, 5.74) is 1.56. The van der Waals surface area contributed by atoms with E-state index in [9.17, 15) is 10.4 Å². The third kappa shape index (κ3) is 6.42. The molecule has 0 N–H and O–H groups in total. The molecule has 0 radical (unpaired) electrons. The van der Waals surface area contributed by atoms with E-state index in [2.05, 4.69) is 10.3 Å². The van der Waals surface area contributed by atoms with Gasteiger partial charge in [0.25, 0.3) is 0 Å². The van der Waals surface area contributed by atoms with Gasteiger partial charge in [-0.2, -0.15) is 9.46 Å². The molecule has 0 saturated carbocycles. The van der Waals surface area contributed by atoms with Gasteiger partial charge in [-0.3, -0.25) is 0 Å². The van der Waals surface area contributed by atoms with Gasteiger partial charge in [0.05, 0.1) is 12.4 Å². The summed E-state index contributed by atoms with van der Waals surface area (Å²) >= 11 is 0. The quantitative estimate of drug-likeness (QED) is 0.236. The third-order valence-corrected chi connectivity index (χ3v) is 2.68. The molecule has 0 amide bonds. The van der Waals surface area contributed by atoms with Crippen LogP contribution in [0.15, 0.2) is 59.4 Å². The second kappa shape index (κ2) is 8.98. The summed E-state index contributed by atoms with van der Waals surface area (Å²) in [5, 5.41) is 29.2. The fraction of sp³-hybridized carbons (Fsp3) is 0.200. The summed E-state index contributed by atoms with van der Waals surface area (Å²) in [5.74, 6) is 0. The van der Waals surface area contributed by atoms with Crippen LogP contribution >= 0.6 is 0 Å². The Hall–Kier alpha value is -3.16. The predicted molar refractivity (Wildman–Crippen MR) is 82.5 cm³/mol. The lowest BCUT2D eigenvalue weighted by Crippen LogP contribution is -2.23. The highest BCUT2D eigenvalue weighted by atomic mass is 16.6. The topological polar surface area (TPSA) is 97.1 Å². The van der Waals surface area contributed by atoms with E-state index in [4.69, 9.17) is 9.68 Å². The van der Waals surface area contributed by atoms with Crippen LogP contribution in [0.2, 0.25) is 0 Å². The highest BCUT2D eigenvalue weighted by molar-refractivity contribution is 5.78. The maximum Gasteiger partial charge on any atom is 0.181 e. The largest absolute Gasteiger partial charge is 0.619 e. The fourth-order valence-electron chi connectivity index (χ4n) is 1.51. The normalized spacial score (nSPS) is 11.1. The van der Waals surface area contributed by atoms with E-state index in [0.29, 0.717) is 29.1 Å². The maximum atomic E-state index is 10.8. The lowest BCUT2D eigenvalue weighted by Gasteiger charge is -1.99. The van der Waals surface area contributed by atoms with Crippen LogP contribution in [0.5, 0.6) is 0 Å². The highest BCUT2D eigenvalue weighted by Gasteiger charge is 1.93. The number of pyridine rings is 2. The van der Waals surface area contributed by atoms with Gasteiger partial charge in [-0.25, -0.2) is 0 Å². The number of nitrogens with zero attached hydrogens (tertiary/aromatic N) is 4. The van der Waals surface area contributed by atoms with Crippen LogP contribution < -0.4 is 9.46 Å². The van der Waals surface area contributed by atoms with Gasteiger partial charge >= 0.3 is 0 Å². The Balaban J connectivity index is 1.55. The van der Waals surface area contributed by atoms with Crippen LogP contribution in [-0.4, -0.2) is 25.6 Å². The first-order valence-corrected chi connectivity index (χ1v) is 6.92. The second-order valence-electron chi connectivity index (χ2n) is 4.47. The van der Waals surface area contributed by atoms with Crippen molar-refractivity contribution in [3.8, 4) is 0 Å². The first-order chi connectivity index (χ1) is 11.2. The monoisotopic (exact) mass is 316 g/mol. The van der Waals surface area contributed by atoms with Crippen LogP contribution in [0, 0.1) is 10.4 Å². The van der Waals surface area contributed by atoms with E-state index in [0.717, 1.165) is 11.1 Å². The molecule has 8 heteroatoms. The van der Waals surface area contributed by atoms with Crippen molar-refractivity contribution in [1.82, 2.24) is 0 Å². The Morgan fingerprint density at radius 3 is 1.57 bits per heavy atom. The Labute approximate surface area is 133 Å². The van der Waals surface area contributed by atoms with Gasteiger partial charge in [0, 0.05) is 41.8 Å². The SMILES string of the molecule is [O-][n+]1ccc(/C=N\OCCCO/N=C\c2cc[n+]([O-])cc2)cc1. The van der Waals surface area contributed by atoms with E-state index >= 15 is 0 Å². The molecule has 8 nitrogen and oxygen atoms in total. The van der Waals surface area contributed by atoms with Crippen molar-refractivity contribution >= 4 is 12.4 Å². The number of aromatic nitrogens is 2. The number of hydrogen-bond acceptors (Lipinski definition) is 6. The van der Waals surface area contributed by atoms with E-state index in [1.807, 2.05) is 0 Å². The van der Waals surface area contributed by atoms with Crippen molar-refractivity contribution in [3.05, 3.63) is 70.6 Å². The molecule has 2 aromatic rings. The van der Waals surface area contributed by atoms with Gasteiger partial charge in [-0.1, -0.05) is 10.3 Å². The smallest absolute Gasteiger partial charge is 0.181 e. The molecule has 2 aromatic heterocycles. The Bertz CT molecular complexity index is 584. The van der Waals surface area contributed by atoms with Crippen molar-refractivity contribution in [2.75, 3.05) is 13.2 Å². The zero-order valence-corrected chi connectivity index (χ0v) is 12.3. The van der Waals surface area contributed by atoms with E-state index in [1.165, 1.54) is 37.2 Å². The standard InChI is InChI=1S/C15H16N4O4/c20-18-6-2-14(3-7-18)12-16-22-10-1-11-23-17-13-15-4-8-19(21)9-5-15/h2-9,12-13H,1,10-11H2/b16-12-,17-13-. The summed E-state index contributed by atoms with van der Waals surface area (Å²) < 4.78 is 1.40. The molecule has 0 bridgehead atoms. The number of hydrogen-bond donors (Lipinski definition) is 0. The van der Waals surface area contributed by atoms with Crippen LogP contribution in [0.25, 0.3) is 0 Å². The second-order valence-corrected chi connectivity index (χ2v) is 4.47. The number of rotatable bonds is 8. The fourth-order valence-corrected chi connectivity index (χ4v) is 1.51. The minimum atomic E-state index is 0.391. The zero-order valence-electron chi connectivity index (χ0n) is 12.3. The van der Waals surface area contributed by atoms with Gasteiger partial charge in [0.2, 0.25) is 0 Å². The van der Waals surface area contributed by atoms with Crippen LogP contribution in [0.1, 0.15) is 17.5 Å². The molecule has 0 aliphatic heterocycles. The van der Waals surface area contributed by atoms with Crippen molar-refractivity contribution in [2.45, 2.75) is 6.42 Å². The van der Waals surface area contributed by atoms with E-state index in [-0.39, 0.29) is 0 Å². The zero-order chi connectivity index (χ0) is 16.3. The van der Waals surface area contributed by atoms with E-state index < -0.39 is 0 Å². The summed E-state index contributed by atoms with van der Waals surface area (Å²) in [6.45, 7) is 0.782. The van der Waals surface area contributed by atoms with Gasteiger partial charge < -0.3 is 20.1 Å². The lowest BCUT2D eigenvalue weighted by molar-refractivity contribution is -0.605. The van der Waals surface area contributed by atoms with Crippen molar-refractivity contribution in [2.24, 2.45) is 10.3 Å². The molecular formula is C15H16N4O4. The Kier molecular flexibility index (Phi) is 6.33. The minimum Gasteiger partial charge on any atom is -0.619 e. The van der Waals surface area contributed by atoms with Gasteiger partial charge in [-0.15, -0.1) is 0 Å². The molecule has 0 fully saturated rings. The summed E-state index contributed by atoms with van der Waals surface area (Å²) in [4.78, 5) is 10.1. The number of oxime groups is 2. The Morgan fingerprint density at radius 2 is 1.17 bits per heavy atom. The molecule has 2 rings (SSSR count). The third-order valence-electron chi connectivity index (χ3n) is 2.68. The molecule has 0 unspecified atom stereocenters. The van der Waals surface area contributed by atoms with E-state index in [1.54, 1.807) is 24.3 Å². The van der Waals surface area contributed by atoms with Crippen LogP contribution in [0.4, 0.5) is 0 Å². The molecular weight excluding hydrogens is 300 g/mol. The summed E-state index contributed by atoms with van der Waals surface area (Å²) in [6, 6.07) is 6.54. The van der Waals surface area contributed by atoms with Gasteiger partial charge in [0.1, 0.15) is 13.2 Å². The Morgan fingerprint density at radius 1 is 0.783 bits per heavy atom. The summed E-state index contributed by atoms with van der Waals surface area (Å²) in [6.07, 6.45) is 9.22. The molecule has 120 valence electrons. The molecule has 0 saturated heterocycles. The van der Waals surface area contributed by atoms with Crippen molar-refractivity contribution < 1.29 is 19.1 Å². The summed E-state index contributed by atoms with van der Waals surface area (Å²) in [7, 11) is 0. The van der Waals surface area contributed by atoms with Crippen molar-refractivity contribution in [3.63, 3.8) is 0 Å². The van der Waals surface area contributed by atoms with Gasteiger partial charge in [0.15, 0.2) is 24.8 Å². The molecule has 0 spiro atoms. The molecule has 0 atom stereocenters. The lowest BCUT2D eigenvalue weighted by atomic mass is 10.3. The molecule has 23 heavy (non-hydrogen) atoms. The molecule has 0 aliphatic rings. The predicted octanol–water partition coefficient (Wildman–Crippen LogP) is 0.745. The van der Waals surface area contributed by atoms with Crippen molar-refractivity contribution in [1.29, 1.82) is 0 Å².